The van der Waals surface area contributed by atoms with Gasteiger partial charge in [0.2, 0.25) is 5.91 Å². The quantitative estimate of drug-likeness (QED) is 0.889. The van der Waals surface area contributed by atoms with Gasteiger partial charge < -0.3 is 19.7 Å². The highest BCUT2D eigenvalue weighted by Gasteiger charge is 2.23. The first kappa shape index (κ1) is 18.0. The maximum Gasteiger partial charge on any atom is 0.242 e. The Kier molecular flexibility index (Phi) is 5.25. The number of nitrogens with one attached hydrogen (secondary N) is 1. The molecule has 2 aromatic rings. The van der Waals surface area contributed by atoms with Crippen LogP contribution in [0.4, 0.5) is 14.5 Å². The van der Waals surface area contributed by atoms with Crippen molar-refractivity contribution < 1.29 is 23.0 Å². The summed E-state index contributed by atoms with van der Waals surface area (Å²) in [5, 5.41) is 2.56. The highest BCUT2D eigenvalue weighted by Crippen LogP contribution is 2.33. The Morgan fingerprint density at radius 2 is 1.73 bits per heavy atom. The van der Waals surface area contributed by atoms with Gasteiger partial charge in [0, 0.05) is 13.1 Å². The summed E-state index contributed by atoms with van der Waals surface area (Å²) in [5.74, 6) is -0.417. The molecule has 1 aliphatic heterocycles. The number of methoxy groups -OCH3 is 2. The van der Waals surface area contributed by atoms with Crippen LogP contribution < -0.4 is 14.8 Å². The molecule has 0 aromatic heterocycles. The number of fused-ring (bicyclic) bond motifs is 1. The van der Waals surface area contributed by atoms with E-state index in [2.05, 4.69) is 5.32 Å². The molecule has 0 radical (unpaired) electrons. The van der Waals surface area contributed by atoms with E-state index in [9.17, 15) is 13.6 Å². The molecule has 138 valence electrons. The zero-order chi connectivity index (χ0) is 18.7. The van der Waals surface area contributed by atoms with Gasteiger partial charge in [-0.3, -0.25) is 4.79 Å². The van der Waals surface area contributed by atoms with Gasteiger partial charge in [0.1, 0.15) is 17.3 Å². The van der Waals surface area contributed by atoms with E-state index in [0.717, 1.165) is 23.3 Å². The lowest BCUT2D eigenvalue weighted by Crippen LogP contribution is -2.39. The summed E-state index contributed by atoms with van der Waals surface area (Å²) in [7, 11) is 3.14. The van der Waals surface area contributed by atoms with Gasteiger partial charge in [0.25, 0.3) is 0 Å². The van der Waals surface area contributed by atoms with Gasteiger partial charge in [0.15, 0.2) is 11.5 Å². The summed E-state index contributed by atoms with van der Waals surface area (Å²) in [4.78, 5) is 14.1. The van der Waals surface area contributed by atoms with Crippen LogP contribution in [0.5, 0.6) is 11.5 Å². The minimum Gasteiger partial charge on any atom is -0.493 e. The first-order chi connectivity index (χ1) is 12.5. The fourth-order valence-electron chi connectivity index (χ4n) is 3.04. The third kappa shape index (κ3) is 3.56. The maximum atomic E-state index is 13.6. The van der Waals surface area contributed by atoms with Gasteiger partial charge in [-0.05, 0) is 41.8 Å². The predicted octanol–water partition coefficient (Wildman–Crippen LogP) is 2.98. The molecule has 26 heavy (non-hydrogen) atoms. The van der Waals surface area contributed by atoms with Gasteiger partial charge in [0.05, 0.1) is 20.8 Å². The molecule has 3 rings (SSSR count). The molecule has 0 saturated carbocycles. The molecule has 0 saturated heterocycles. The summed E-state index contributed by atoms with van der Waals surface area (Å²) >= 11 is 0. The predicted molar refractivity (Wildman–Crippen MR) is 93.5 cm³/mol. The van der Waals surface area contributed by atoms with Crippen LogP contribution >= 0.6 is 0 Å². The number of para-hydroxylation sites is 1. The molecule has 0 fully saturated rings. The second-order valence-corrected chi connectivity index (χ2v) is 5.99. The van der Waals surface area contributed by atoms with Crippen LogP contribution in [0.3, 0.4) is 0 Å². The lowest BCUT2D eigenvalue weighted by molar-refractivity contribution is -0.130. The molecule has 1 heterocycles. The number of anilines is 1. The van der Waals surface area contributed by atoms with E-state index >= 15 is 0 Å². The molecule has 0 spiro atoms. The van der Waals surface area contributed by atoms with Crippen molar-refractivity contribution in [1.82, 2.24) is 4.90 Å². The van der Waals surface area contributed by atoms with Crippen molar-refractivity contribution in [2.75, 3.05) is 32.6 Å². The molecule has 0 atom stereocenters. The van der Waals surface area contributed by atoms with Gasteiger partial charge in [-0.25, -0.2) is 8.78 Å². The van der Waals surface area contributed by atoms with Crippen LogP contribution in [0.15, 0.2) is 30.3 Å². The summed E-state index contributed by atoms with van der Waals surface area (Å²) < 4.78 is 37.9. The van der Waals surface area contributed by atoms with E-state index in [0.29, 0.717) is 31.0 Å². The number of carbonyl (C=O) groups excluding carboxylic acids is 1. The summed E-state index contributed by atoms with van der Waals surface area (Å²) in [6, 6.07) is 7.35. The lowest BCUT2D eigenvalue weighted by atomic mass is 9.98. The average Bonchev–Trinajstić information content (AvgIpc) is 2.65. The van der Waals surface area contributed by atoms with E-state index in [4.69, 9.17) is 9.47 Å². The van der Waals surface area contributed by atoms with Gasteiger partial charge in [-0.1, -0.05) is 6.07 Å². The maximum absolute atomic E-state index is 13.6. The Balaban J connectivity index is 1.69. The van der Waals surface area contributed by atoms with Crippen molar-refractivity contribution in [2.45, 2.75) is 13.0 Å². The second kappa shape index (κ2) is 7.59. The van der Waals surface area contributed by atoms with Crippen molar-refractivity contribution in [3.8, 4) is 11.5 Å². The monoisotopic (exact) mass is 362 g/mol. The van der Waals surface area contributed by atoms with Crippen LogP contribution in [0.2, 0.25) is 0 Å². The van der Waals surface area contributed by atoms with Gasteiger partial charge in [-0.15, -0.1) is 0 Å². The van der Waals surface area contributed by atoms with E-state index in [1.54, 1.807) is 19.1 Å². The number of hydrogen-bond acceptors (Lipinski definition) is 4. The summed E-state index contributed by atoms with van der Waals surface area (Å²) in [6.45, 7) is 0.763. The Labute approximate surface area is 150 Å². The fraction of sp³-hybridized carbons (Fsp3) is 0.316. The average molecular weight is 362 g/mol. The number of rotatable bonds is 5. The third-order valence-corrected chi connectivity index (χ3v) is 4.45. The topological polar surface area (TPSA) is 50.8 Å². The van der Waals surface area contributed by atoms with E-state index in [1.807, 2.05) is 12.1 Å². The van der Waals surface area contributed by atoms with Crippen LogP contribution in [-0.4, -0.2) is 38.1 Å². The smallest absolute Gasteiger partial charge is 0.242 e. The largest absolute Gasteiger partial charge is 0.493 e. The Morgan fingerprint density at radius 1 is 1.12 bits per heavy atom. The number of benzene rings is 2. The first-order valence-corrected chi connectivity index (χ1v) is 8.23. The van der Waals surface area contributed by atoms with Crippen molar-refractivity contribution in [3.63, 3.8) is 0 Å². The minimum absolute atomic E-state index is 0.180. The van der Waals surface area contributed by atoms with Crippen molar-refractivity contribution in [2.24, 2.45) is 0 Å². The molecular formula is C19H20F2N2O3. The van der Waals surface area contributed by atoms with Gasteiger partial charge in [-0.2, -0.15) is 0 Å². The first-order valence-electron chi connectivity index (χ1n) is 8.23. The van der Waals surface area contributed by atoms with Crippen molar-refractivity contribution >= 4 is 11.6 Å². The van der Waals surface area contributed by atoms with Crippen LogP contribution in [0.25, 0.3) is 0 Å². The number of halogens is 2. The molecule has 0 bridgehead atoms. The van der Waals surface area contributed by atoms with E-state index in [-0.39, 0.29) is 18.1 Å². The fourth-order valence-corrected chi connectivity index (χ4v) is 3.04. The minimum atomic E-state index is -0.723. The molecule has 1 amide bonds. The van der Waals surface area contributed by atoms with Crippen molar-refractivity contribution in [1.29, 1.82) is 0 Å². The Morgan fingerprint density at radius 3 is 2.35 bits per heavy atom. The second-order valence-electron chi connectivity index (χ2n) is 5.99. The highest BCUT2D eigenvalue weighted by atomic mass is 19.1. The SMILES string of the molecule is COc1cc2c(cc1OC)CN(C(=O)CNc1c(F)cccc1F)CC2. The Bertz CT molecular complexity index is 806. The number of ether oxygens (including phenoxy) is 2. The van der Waals surface area contributed by atoms with Crippen LogP contribution in [0, 0.1) is 11.6 Å². The lowest BCUT2D eigenvalue weighted by Gasteiger charge is -2.30. The standard InChI is InChI=1S/C19H20F2N2O3/c1-25-16-8-12-6-7-23(11-13(12)9-17(16)26-2)18(24)10-22-19-14(20)4-3-5-15(19)21/h3-5,8-9,22H,6-7,10-11H2,1-2H3. The van der Waals surface area contributed by atoms with Crippen molar-refractivity contribution in [3.05, 3.63) is 53.1 Å². The molecule has 1 N–H and O–H groups in total. The summed E-state index contributed by atoms with van der Waals surface area (Å²) in [5.41, 5.74) is 1.78. The molecule has 0 unspecified atom stereocenters. The van der Waals surface area contributed by atoms with Gasteiger partial charge >= 0.3 is 0 Å². The molecule has 0 aliphatic carbocycles. The molecule has 5 nitrogen and oxygen atoms in total. The number of nitrogens with zero attached hydrogens (tertiary/aromatic N) is 1. The molecular weight excluding hydrogens is 342 g/mol. The van der Waals surface area contributed by atoms with Crippen LogP contribution in [0.1, 0.15) is 11.1 Å². The third-order valence-electron chi connectivity index (χ3n) is 4.45. The van der Waals surface area contributed by atoms with Crippen LogP contribution in [-0.2, 0) is 17.8 Å². The zero-order valence-corrected chi connectivity index (χ0v) is 14.6. The highest BCUT2D eigenvalue weighted by molar-refractivity contribution is 5.81. The normalized spacial score (nSPS) is 13.2. The Hall–Kier alpha value is -2.83. The number of carbonyl (C=O) groups is 1. The summed E-state index contributed by atoms with van der Waals surface area (Å²) in [6.07, 6.45) is 0.676. The molecule has 7 heteroatoms. The molecule has 1 aliphatic rings. The molecule has 2 aromatic carbocycles. The van der Waals surface area contributed by atoms with E-state index < -0.39 is 11.6 Å². The van der Waals surface area contributed by atoms with E-state index in [1.165, 1.54) is 6.07 Å². The number of amides is 1. The number of hydrogen-bond donors (Lipinski definition) is 1. The zero-order valence-electron chi connectivity index (χ0n) is 14.6.